The molecule has 6 nitrogen and oxygen atoms in total. The molecule has 0 aliphatic carbocycles. The van der Waals surface area contributed by atoms with E-state index in [1.54, 1.807) is 0 Å². The summed E-state index contributed by atoms with van der Waals surface area (Å²) in [4.78, 5) is 20.4. The molecule has 0 saturated carbocycles. The van der Waals surface area contributed by atoms with Crippen molar-refractivity contribution in [3.05, 3.63) is 0 Å². The third kappa shape index (κ3) is 8.86. The van der Waals surface area contributed by atoms with E-state index in [4.69, 9.17) is 10.2 Å². The molecule has 0 atom stereocenters. The van der Waals surface area contributed by atoms with Crippen molar-refractivity contribution in [3.8, 4) is 0 Å². The minimum Gasteiger partial charge on any atom is -0.465 e. The quantitative estimate of drug-likeness (QED) is 0.505. The minimum atomic E-state index is -1.04. The van der Waals surface area contributed by atoms with Gasteiger partial charge in [-0.1, -0.05) is 13.8 Å². The van der Waals surface area contributed by atoms with Gasteiger partial charge in [0.05, 0.1) is 0 Å². The first-order valence-corrected chi connectivity index (χ1v) is 4.77. The van der Waals surface area contributed by atoms with Crippen LogP contribution in [0.25, 0.3) is 0 Å². The zero-order chi connectivity index (χ0) is 11.9. The summed E-state index contributed by atoms with van der Waals surface area (Å²) in [5, 5.41) is 21.3. The maximum Gasteiger partial charge on any atom is 0.404 e. The van der Waals surface area contributed by atoms with E-state index < -0.39 is 12.2 Å². The van der Waals surface area contributed by atoms with E-state index >= 15 is 0 Å². The first-order valence-electron chi connectivity index (χ1n) is 4.77. The van der Waals surface area contributed by atoms with E-state index in [1.165, 1.54) is 0 Å². The molecule has 0 aromatic heterocycles. The summed E-state index contributed by atoms with van der Waals surface area (Å²) < 4.78 is 0. The topological polar surface area (TPSA) is 98.7 Å². The monoisotopic (exact) mass is 218 g/mol. The summed E-state index contributed by atoms with van der Waals surface area (Å²) in [5.41, 5.74) is -0.154. The van der Waals surface area contributed by atoms with Gasteiger partial charge in [-0.25, -0.2) is 9.59 Å². The summed E-state index contributed by atoms with van der Waals surface area (Å²) in [6.45, 7) is 4.63. The fraction of sp³-hybridized carbons (Fsp3) is 0.778. The molecular weight excluding hydrogens is 200 g/mol. The molecule has 6 heteroatoms. The standard InChI is InChI=1S/C9H18N2O4/c1-9(2,6-11-8(14)15)4-3-5-10-7(12)13/h10-11H,3-6H2,1-2H3,(H,12,13)(H,14,15). The highest BCUT2D eigenvalue weighted by molar-refractivity contribution is 5.64. The third-order valence-electron chi connectivity index (χ3n) is 2.02. The Bertz CT molecular complexity index is 228. The van der Waals surface area contributed by atoms with Gasteiger partial charge in [0.2, 0.25) is 0 Å². The lowest BCUT2D eigenvalue weighted by molar-refractivity contribution is 0.185. The van der Waals surface area contributed by atoms with E-state index in [9.17, 15) is 9.59 Å². The Morgan fingerprint density at radius 3 is 2.13 bits per heavy atom. The molecule has 0 spiro atoms. The van der Waals surface area contributed by atoms with Gasteiger partial charge in [0.15, 0.2) is 0 Å². The lowest BCUT2D eigenvalue weighted by Gasteiger charge is -2.24. The number of rotatable bonds is 6. The van der Waals surface area contributed by atoms with Crippen LogP contribution in [0.1, 0.15) is 26.7 Å². The molecule has 0 aromatic rings. The van der Waals surface area contributed by atoms with Crippen molar-refractivity contribution in [1.82, 2.24) is 10.6 Å². The zero-order valence-corrected chi connectivity index (χ0v) is 9.04. The Labute approximate surface area is 88.7 Å². The predicted molar refractivity (Wildman–Crippen MR) is 55.1 cm³/mol. The molecule has 88 valence electrons. The molecule has 0 aromatic carbocycles. The molecule has 0 bridgehead atoms. The second-order valence-electron chi connectivity index (χ2n) is 4.16. The van der Waals surface area contributed by atoms with E-state index in [0.717, 1.165) is 6.42 Å². The molecule has 15 heavy (non-hydrogen) atoms. The van der Waals surface area contributed by atoms with Crippen LogP contribution in [-0.4, -0.2) is 35.5 Å². The number of carboxylic acid groups (broad SMARTS) is 2. The average molecular weight is 218 g/mol. The number of carbonyl (C=O) groups is 2. The van der Waals surface area contributed by atoms with Crippen molar-refractivity contribution in [2.75, 3.05) is 13.1 Å². The molecule has 4 N–H and O–H groups in total. The maximum absolute atomic E-state index is 10.3. The molecular formula is C9H18N2O4. The Hall–Kier alpha value is -1.46. The van der Waals surface area contributed by atoms with Gasteiger partial charge in [0, 0.05) is 13.1 Å². The number of hydrogen-bond acceptors (Lipinski definition) is 2. The normalized spacial score (nSPS) is 10.8. The summed E-state index contributed by atoms with van der Waals surface area (Å²) in [7, 11) is 0. The van der Waals surface area contributed by atoms with Crippen molar-refractivity contribution in [2.45, 2.75) is 26.7 Å². The molecule has 0 aliphatic heterocycles. The van der Waals surface area contributed by atoms with Gasteiger partial charge in [-0.3, -0.25) is 0 Å². The van der Waals surface area contributed by atoms with Crippen molar-refractivity contribution in [3.63, 3.8) is 0 Å². The highest BCUT2D eigenvalue weighted by Crippen LogP contribution is 2.20. The van der Waals surface area contributed by atoms with Crippen LogP contribution >= 0.6 is 0 Å². The molecule has 0 fully saturated rings. The summed E-state index contributed by atoms with van der Waals surface area (Å²) in [6, 6.07) is 0. The van der Waals surface area contributed by atoms with Gasteiger partial charge in [0.1, 0.15) is 0 Å². The van der Waals surface area contributed by atoms with E-state index in [1.807, 2.05) is 13.8 Å². The average Bonchev–Trinajstić information content (AvgIpc) is 2.09. The van der Waals surface area contributed by atoms with Gasteiger partial charge in [-0.15, -0.1) is 0 Å². The van der Waals surface area contributed by atoms with Crippen LogP contribution in [0.15, 0.2) is 0 Å². The Kier molecular flexibility index (Phi) is 5.51. The molecule has 0 aliphatic rings. The van der Waals surface area contributed by atoms with Gasteiger partial charge < -0.3 is 20.8 Å². The van der Waals surface area contributed by atoms with E-state index in [0.29, 0.717) is 19.5 Å². The fourth-order valence-corrected chi connectivity index (χ4v) is 1.17. The lowest BCUT2D eigenvalue weighted by Crippen LogP contribution is -2.33. The Morgan fingerprint density at radius 2 is 1.67 bits per heavy atom. The van der Waals surface area contributed by atoms with Crippen LogP contribution < -0.4 is 10.6 Å². The number of nitrogens with one attached hydrogen (secondary N) is 2. The highest BCUT2D eigenvalue weighted by Gasteiger charge is 2.18. The summed E-state index contributed by atoms with van der Waals surface area (Å²) in [5.74, 6) is 0. The predicted octanol–water partition coefficient (Wildman–Crippen LogP) is 1.33. The van der Waals surface area contributed by atoms with E-state index in [-0.39, 0.29) is 5.41 Å². The Balaban J connectivity index is 3.64. The van der Waals surface area contributed by atoms with Crippen molar-refractivity contribution >= 4 is 12.2 Å². The minimum absolute atomic E-state index is 0.154. The zero-order valence-electron chi connectivity index (χ0n) is 9.04. The second kappa shape index (κ2) is 6.10. The summed E-state index contributed by atoms with van der Waals surface area (Å²) >= 11 is 0. The van der Waals surface area contributed by atoms with Gasteiger partial charge in [-0.2, -0.15) is 0 Å². The smallest absolute Gasteiger partial charge is 0.404 e. The van der Waals surface area contributed by atoms with Crippen molar-refractivity contribution in [1.29, 1.82) is 0 Å². The van der Waals surface area contributed by atoms with Gasteiger partial charge >= 0.3 is 12.2 Å². The molecule has 0 heterocycles. The number of hydrogen-bond donors (Lipinski definition) is 4. The van der Waals surface area contributed by atoms with Crippen LogP contribution in [-0.2, 0) is 0 Å². The fourth-order valence-electron chi connectivity index (χ4n) is 1.17. The van der Waals surface area contributed by atoms with Crippen LogP contribution in [0.5, 0.6) is 0 Å². The number of amides is 2. The van der Waals surface area contributed by atoms with E-state index in [2.05, 4.69) is 10.6 Å². The van der Waals surface area contributed by atoms with Crippen LogP contribution in [0.2, 0.25) is 0 Å². The molecule has 2 amide bonds. The van der Waals surface area contributed by atoms with Crippen molar-refractivity contribution in [2.24, 2.45) is 5.41 Å². The highest BCUT2D eigenvalue weighted by atomic mass is 16.4. The van der Waals surface area contributed by atoms with Crippen LogP contribution in [0, 0.1) is 5.41 Å². The second-order valence-corrected chi connectivity index (χ2v) is 4.16. The maximum atomic E-state index is 10.3. The first kappa shape index (κ1) is 13.5. The summed E-state index contributed by atoms with van der Waals surface area (Å²) in [6.07, 6.45) is -0.614. The molecule has 0 saturated heterocycles. The molecule has 0 unspecified atom stereocenters. The molecule has 0 rings (SSSR count). The third-order valence-corrected chi connectivity index (χ3v) is 2.02. The van der Waals surface area contributed by atoms with Gasteiger partial charge in [-0.05, 0) is 18.3 Å². The lowest BCUT2D eigenvalue weighted by atomic mass is 9.88. The van der Waals surface area contributed by atoms with Crippen LogP contribution in [0.4, 0.5) is 9.59 Å². The first-order chi connectivity index (χ1) is 6.83. The molecule has 0 radical (unpaired) electrons. The largest absolute Gasteiger partial charge is 0.465 e. The Morgan fingerprint density at radius 1 is 1.13 bits per heavy atom. The van der Waals surface area contributed by atoms with Crippen LogP contribution in [0.3, 0.4) is 0 Å². The van der Waals surface area contributed by atoms with Gasteiger partial charge in [0.25, 0.3) is 0 Å². The SMILES string of the molecule is CC(C)(CCCNC(=O)O)CNC(=O)O. The van der Waals surface area contributed by atoms with Crippen molar-refractivity contribution < 1.29 is 19.8 Å².